The van der Waals surface area contributed by atoms with Crippen LogP contribution in [0.15, 0.2) is 54.6 Å². The molecule has 0 bridgehead atoms. The maximum atomic E-state index is 12.2. The number of amides is 1. The molecule has 0 unspecified atom stereocenters. The SMILES string of the molecule is CCNC(=O)CCCC=CC[C@@H]1[C@@H](/C=C/C(=O)CCc2ccccc2)[C@H](O)C[C@@H]1O. The fraction of sp³-hybridized carbons (Fsp3) is 0.520. The predicted molar refractivity (Wildman–Crippen MR) is 119 cm³/mol. The Bertz CT molecular complexity index is 713. The summed E-state index contributed by atoms with van der Waals surface area (Å²) in [6, 6.07) is 9.89. The van der Waals surface area contributed by atoms with E-state index in [1.165, 1.54) is 0 Å². The van der Waals surface area contributed by atoms with Crippen molar-refractivity contribution in [2.75, 3.05) is 6.54 Å². The molecule has 164 valence electrons. The summed E-state index contributed by atoms with van der Waals surface area (Å²) >= 11 is 0. The van der Waals surface area contributed by atoms with Crippen LogP contribution in [0, 0.1) is 11.8 Å². The number of aliphatic hydroxyl groups excluding tert-OH is 2. The van der Waals surface area contributed by atoms with Gasteiger partial charge in [0.15, 0.2) is 5.78 Å². The number of carbonyl (C=O) groups excluding carboxylic acids is 2. The van der Waals surface area contributed by atoms with Gasteiger partial charge in [-0.05, 0) is 50.2 Å². The molecule has 4 atom stereocenters. The average Bonchev–Trinajstić information content (AvgIpc) is 3.00. The maximum Gasteiger partial charge on any atom is 0.219 e. The Morgan fingerprint density at radius 2 is 1.87 bits per heavy atom. The second-order valence-corrected chi connectivity index (χ2v) is 7.98. The Labute approximate surface area is 179 Å². The van der Waals surface area contributed by atoms with E-state index in [0.717, 1.165) is 18.4 Å². The van der Waals surface area contributed by atoms with Gasteiger partial charge in [-0.1, -0.05) is 48.6 Å². The van der Waals surface area contributed by atoms with Gasteiger partial charge in [0, 0.05) is 31.7 Å². The summed E-state index contributed by atoms with van der Waals surface area (Å²) in [5.41, 5.74) is 1.13. The number of hydrogen-bond donors (Lipinski definition) is 3. The zero-order valence-electron chi connectivity index (χ0n) is 17.9. The van der Waals surface area contributed by atoms with Crippen molar-refractivity contribution in [2.24, 2.45) is 11.8 Å². The normalized spacial score (nSPS) is 24.0. The van der Waals surface area contributed by atoms with Crippen molar-refractivity contribution in [1.29, 1.82) is 0 Å². The third kappa shape index (κ3) is 8.25. The van der Waals surface area contributed by atoms with Gasteiger partial charge >= 0.3 is 0 Å². The monoisotopic (exact) mass is 413 g/mol. The van der Waals surface area contributed by atoms with Crippen molar-refractivity contribution < 1.29 is 19.8 Å². The van der Waals surface area contributed by atoms with Crippen molar-refractivity contribution >= 4 is 11.7 Å². The molecule has 30 heavy (non-hydrogen) atoms. The van der Waals surface area contributed by atoms with Crippen LogP contribution in [0.2, 0.25) is 0 Å². The van der Waals surface area contributed by atoms with Crippen LogP contribution in [-0.2, 0) is 16.0 Å². The van der Waals surface area contributed by atoms with Crippen LogP contribution in [0.3, 0.4) is 0 Å². The largest absolute Gasteiger partial charge is 0.393 e. The predicted octanol–water partition coefficient (Wildman–Crippen LogP) is 3.36. The lowest BCUT2D eigenvalue weighted by Gasteiger charge is -2.19. The molecule has 1 fully saturated rings. The fourth-order valence-corrected chi connectivity index (χ4v) is 3.96. The zero-order chi connectivity index (χ0) is 21.8. The minimum Gasteiger partial charge on any atom is -0.393 e. The Morgan fingerprint density at radius 1 is 1.10 bits per heavy atom. The molecule has 0 spiro atoms. The Balaban J connectivity index is 1.78. The van der Waals surface area contributed by atoms with Crippen LogP contribution in [0.4, 0.5) is 0 Å². The summed E-state index contributed by atoms with van der Waals surface area (Å²) in [6.07, 6.45) is 10.4. The number of carbonyl (C=O) groups is 2. The second-order valence-electron chi connectivity index (χ2n) is 7.98. The summed E-state index contributed by atoms with van der Waals surface area (Å²) in [7, 11) is 0. The van der Waals surface area contributed by atoms with Crippen LogP contribution in [0.5, 0.6) is 0 Å². The lowest BCUT2D eigenvalue weighted by Crippen LogP contribution is -2.21. The van der Waals surface area contributed by atoms with Gasteiger partial charge in [-0.2, -0.15) is 0 Å². The minimum absolute atomic E-state index is 0.0343. The van der Waals surface area contributed by atoms with Gasteiger partial charge in [-0.25, -0.2) is 0 Å². The molecule has 5 heteroatoms. The molecular formula is C25H35NO4. The molecule has 1 aliphatic carbocycles. The number of benzene rings is 1. The van der Waals surface area contributed by atoms with E-state index >= 15 is 0 Å². The molecule has 5 nitrogen and oxygen atoms in total. The van der Waals surface area contributed by atoms with Gasteiger partial charge < -0.3 is 15.5 Å². The Morgan fingerprint density at radius 3 is 2.60 bits per heavy atom. The van der Waals surface area contributed by atoms with Gasteiger partial charge in [-0.15, -0.1) is 0 Å². The molecule has 0 heterocycles. The first-order valence-corrected chi connectivity index (χ1v) is 11.0. The maximum absolute atomic E-state index is 12.2. The first-order valence-electron chi connectivity index (χ1n) is 11.0. The van der Waals surface area contributed by atoms with Gasteiger partial charge in [0.05, 0.1) is 12.2 Å². The van der Waals surface area contributed by atoms with Crippen LogP contribution in [0.25, 0.3) is 0 Å². The molecule has 0 aromatic heterocycles. The van der Waals surface area contributed by atoms with Gasteiger partial charge in [0.25, 0.3) is 0 Å². The third-order valence-corrected chi connectivity index (χ3v) is 5.65. The molecule has 0 radical (unpaired) electrons. The van der Waals surface area contributed by atoms with Crippen molar-refractivity contribution in [3.63, 3.8) is 0 Å². The number of ketones is 1. The number of hydrogen-bond acceptors (Lipinski definition) is 4. The quantitative estimate of drug-likeness (QED) is 0.279. The fourth-order valence-electron chi connectivity index (χ4n) is 3.96. The van der Waals surface area contributed by atoms with Gasteiger partial charge in [0.1, 0.15) is 0 Å². The van der Waals surface area contributed by atoms with E-state index in [1.807, 2.05) is 49.4 Å². The zero-order valence-corrected chi connectivity index (χ0v) is 17.9. The highest BCUT2D eigenvalue weighted by atomic mass is 16.3. The van der Waals surface area contributed by atoms with E-state index in [0.29, 0.717) is 38.6 Å². The molecule has 1 saturated carbocycles. The first kappa shape index (κ1) is 24.0. The van der Waals surface area contributed by atoms with E-state index in [4.69, 9.17) is 0 Å². The summed E-state index contributed by atoms with van der Waals surface area (Å²) in [4.78, 5) is 23.7. The number of allylic oxidation sites excluding steroid dienone is 3. The van der Waals surface area contributed by atoms with E-state index in [2.05, 4.69) is 5.32 Å². The standard InChI is InChI=1S/C25H35NO4/c1-2-26-25(30)13-9-4-3-8-12-21-22(24(29)18-23(21)28)17-16-20(27)15-14-19-10-6-5-7-11-19/h3,5-8,10-11,16-17,21-24,28-29H,2,4,9,12-15,18H2,1H3,(H,26,30)/b8-3?,17-16+/t21-,22-,23+,24-/m1/s1. The summed E-state index contributed by atoms with van der Waals surface area (Å²) in [5, 5.41) is 23.4. The molecular weight excluding hydrogens is 378 g/mol. The van der Waals surface area contributed by atoms with Crippen LogP contribution < -0.4 is 5.32 Å². The lowest BCUT2D eigenvalue weighted by atomic mass is 9.89. The number of aryl methyl sites for hydroxylation is 1. The smallest absolute Gasteiger partial charge is 0.219 e. The van der Waals surface area contributed by atoms with Gasteiger partial charge in [0.2, 0.25) is 5.91 Å². The topological polar surface area (TPSA) is 86.6 Å². The Hall–Kier alpha value is -2.24. The molecule has 0 aliphatic heterocycles. The molecule has 2 rings (SSSR count). The van der Waals surface area contributed by atoms with Crippen molar-refractivity contribution in [3.05, 3.63) is 60.2 Å². The van der Waals surface area contributed by atoms with Gasteiger partial charge in [-0.3, -0.25) is 9.59 Å². The summed E-state index contributed by atoms with van der Waals surface area (Å²) in [6.45, 7) is 2.56. The summed E-state index contributed by atoms with van der Waals surface area (Å²) in [5.74, 6) is -0.215. The third-order valence-electron chi connectivity index (χ3n) is 5.65. The van der Waals surface area contributed by atoms with E-state index in [-0.39, 0.29) is 23.5 Å². The second kappa shape index (κ2) is 13.1. The molecule has 0 saturated heterocycles. The molecule has 3 N–H and O–H groups in total. The molecule has 1 aromatic rings. The Kier molecular flexibility index (Phi) is 10.5. The highest BCUT2D eigenvalue weighted by molar-refractivity contribution is 5.89. The van der Waals surface area contributed by atoms with Crippen LogP contribution >= 0.6 is 0 Å². The minimum atomic E-state index is -0.630. The highest BCUT2D eigenvalue weighted by Crippen LogP contribution is 2.36. The van der Waals surface area contributed by atoms with E-state index < -0.39 is 12.2 Å². The van der Waals surface area contributed by atoms with Crippen molar-refractivity contribution in [2.45, 2.75) is 64.1 Å². The first-order chi connectivity index (χ1) is 14.5. The number of rotatable bonds is 12. The molecule has 1 aromatic carbocycles. The molecule has 1 aliphatic rings. The highest BCUT2D eigenvalue weighted by Gasteiger charge is 2.39. The lowest BCUT2D eigenvalue weighted by molar-refractivity contribution is -0.121. The van der Waals surface area contributed by atoms with E-state index in [1.54, 1.807) is 12.2 Å². The average molecular weight is 414 g/mol. The summed E-state index contributed by atoms with van der Waals surface area (Å²) < 4.78 is 0. The number of aliphatic hydroxyl groups is 2. The number of unbranched alkanes of at least 4 members (excludes halogenated alkanes) is 1. The van der Waals surface area contributed by atoms with E-state index in [9.17, 15) is 19.8 Å². The molecule has 1 amide bonds. The van der Waals surface area contributed by atoms with Crippen LogP contribution in [-0.4, -0.2) is 40.7 Å². The van der Waals surface area contributed by atoms with Crippen molar-refractivity contribution in [1.82, 2.24) is 5.32 Å². The number of nitrogens with one attached hydrogen (secondary N) is 1. The van der Waals surface area contributed by atoms with Crippen LogP contribution in [0.1, 0.15) is 51.0 Å². The van der Waals surface area contributed by atoms with Crippen molar-refractivity contribution in [3.8, 4) is 0 Å².